The van der Waals surface area contributed by atoms with E-state index in [4.69, 9.17) is 25.0 Å². The fraction of sp³-hybridized carbons (Fsp3) is 0.167. The smallest absolute Gasteiger partial charge is 0.379 e. The molecule has 42 heavy (non-hydrogen) atoms. The standard InChI is InChI=1S/C30H28N4O7.ClH/c31-29(32)22-7-6-21-15-23(9-8-20(21)14-22)41-30(38)25-11-10-24(40-25)16-33-26(35)12-13-27(36)34-17-28(37)39-18-19-4-2-1-3-5-19;/h1-11,14-15H,12-13,16-18H2,(H3,31,32)(H,33,35)(H,34,36);1H. The first kappa shape index (κ1) is 31.4. The van der Waals surface area contributed by atoms with Crippen LogP contribution in [0.2, 0.25) is 0 Å². The molecule has 0 aliphatic carbocycles. The van der Waals surface area contributed by atoms with Gasteiger partial charge in [-0.25, -0.2) is 4.79 Å². The number of esters is 2. The summed E-state index contributed by atoms with van der Waals surface area (Å²) in [6.07, 6.45) is -0.217. The number of hydrogen-bond acceptors (Lipinski definition) is 8. The molecule has 12 heteroatoms. The fourth-order valence-electron chi connectivity index (χ4n) is 3.74. The second kappa shape index (κ2) is 15.0. The minimum absolute atomic E-state index is 0. The van der Waals surface area contributed by atoms with E-state index in [0.717, 1.165) is 16.3 Å². The van der Waals surface area contributed by atoms with Gasteiger partial charge in [0.25, 0.3) is 0 Å². The molecular weight excluding hydrogens is 564 g/mol. The lowest BCUT2D eigenvalue weighted by Gasteiger charge is -2.07. The topological polar surface area (TPSA) is 174 Å². The number of nitrogens with one attached hydrogen (secondary N) is 3. The molecule has 0 saturated carbocycles. The van der Waals surface area contributed by atoms with E-state index in [-0.39, 0.29) is 56.5 Å². The number of rotatable bonds is 12. The molecule has 1 aromatic heterocycles. The SMILES string of the molecule is Cl.N=C(N)c1ccc2cc(OC(=O)c3ccc(CNC(=O)CCC(=O)NCC(=O)OCc4ccccc4)o3)ccc2c1. The zero-order chi connectivity index (χ0) is 29.2. The Kier molecular flexibility index (Phi) is 11.2. The molecule has 4 rings (SSSR count). The number of nitrogens with two attached hydrogens (primary N) is 1. The number of hydrogen-bond donors (Lipinski definition) is 4. The van der Waals surface area contributed by atoms with Gasteiger partial charge in [-0.15, -0.1) is 12.4 Å². The second-order valence-electron chi connectivity index (χ2n) is 8.99. The summed E-state index contributed by atoms with van der Waals surface area (Å²) in [5.41, 5.74) is 6.95. The highest BCUT2D eigenvalue weighted by Gasteiger charge is 2.15. The van der Waals surface area contributed by atoms with E-state index >= 15 is 0 Å². The Balaban J connectivity index is 0.00000484. The van der Waals surface area contributed by atoms with Gasteiger partial charge >= 0.3 is 11.9 Å². The second-order valence-corrected chi connectivity index (χ2v) is 8.99. The Morgan fingerprint density at radius 1 is 0.833 bits per heavy atom. The van der Waals surface area contributed by atoms with Crippen molar-refractivity contribution < 1.29 is 33.1 Å². The molecule has 4 aromatic rings. The lowest BCUT2D eigenvalue weighted by atomic mass is 10.1. The van der Waals surface area contributed by atoms with Gasteiger partial charge in [0.05, 0.1) is 6.54 Å². The molecule has 5 N–H and O–H groups in total. The highest BCUT2D eigenvalue weighted by atomic mass is 35.5. The molecule has 0 bridgehead atoms. The van der Waals surface area contributed by atoms with E-state index in [1.165, 1.54) is 12.1 Å². The number of benzene rings is 3. The maximum Gasteiger partial charge on any atom is 0.379 e. The number of fused-ring (bicyclic) bond motifs is 1. The first-order valence-electron chi connectivity index (χ1n) is 12.7. The van der Waals surface area contributed by atoms with E-state index < -0.39 is 23.8 Å². The van der Waals surface area contributed by atoms with Crippen LogP contribution in [0.4, 0.5) is 0 Å². The molecule has 0 aliphatic rings. The third-order valence-electron chi connectivity index (χ3n) is 5.91. The minimum Gasteiger partial charge on any atom is -0.460 e. The highest BCUT2D eigenvalue weighted by molar-refractivity contribution is 5.99. The summed E-state index contributed by atoms with van der Waals surface area (Å²) < 4.78 is 16.0. The van der Waals surface area contributed by atoms with Crippen molar-refractivity contribution in [3.8, 4) is 5.75 Å². The summed E-state index contributed by atoms with van der Waals surface area (Å²) in [7, 11) is 0. The van der Waals surface area contributed by atoms with Gasteiger partial charge in [-0.3, -0.25) is 19.8 Å². The predicted octanol–water partition coefficient (Wildman–Crippen LogP) is 3.61. The van der Waals surface area contributed by atoms with Crippen LogP contribution in [0.1, 0.15) is 40.3 Å². The van der Waals surface area contributed by atoms with Gasteiger partial charge in [-0.1, -0.05) is 48.5 Å². The number of nitrogen functional groups attached to an aromatic ring is 1. The summed E-state index contributed by atoms with van der Waals surface area (Å²) in [6, 6.07) is 22.4. The number of carbonyl (C=O) groups excluding carboxylic acids is 4. The van der Waals surface area contributed by atoms with Crippen LogP contribution in [0.3, 0.4) is 0 Å². The summed E-state index contributed by atoms with van der Waals surface area (Å²) >= 11 is 0. The molecular formula is C30H29ClN4O7. The summed E-state index contributed by atoms with van der Waals surface area (Å²) in [6.45, 7) is -0.177. The zero-order valence-corrected chi connectivity index (χ0v) is 23.2. The van der Waals surface area contributed by atoms with E-state index in [1.54, 1.807) is 36.4 Å². The van der Waals surface area contributed by atoms with Gasteiger partial charge in [0.1, 0.15) is 30.5 Å². The van der Waals surface area contributed by atoms with Gasteiger partial charge in [0.2, 0.25) is 17.6 Å². The first-order chi connectivity index (χ1) is 19.8. The van der Waals surface area contributed by atoms with Crippen LogP contribution in [0, 0.1) is 5.41 Å². The molecule has 11 nitrogen and oxygen atoms in total. The first-order valence-corrected chi connectivity index (χ1v) is 12.7. The van der Waals surface area contributed by atoms with Gasteiger partial charge < -0.3 is 30.3 Å². The van der Waals surface area contributed by atoms with Gasteiger partial charge in [0.15, 0.2) is 0 Å². The normalized spacial score (nSPS) is 10.3. The van der Waals surface area contributed by atoms with Crippen LogP contribution in [-0.2, 0) is 32.3 Å². The summed E-state index contributed by atoms with van der Waals surface area (Å²) in [5, 5.41) is 14.2. The number of carbonyl (C=O) groups is 4. The molecule has 0 radical (unpaired) electrons. The van der Waals surface area contributed by atoms with Gasteiger partial charge in [0, 0.05) is 18.4 Å². The van der Waals surface area contributed by atoms with Gasteiger partial charge in [-0.05, 0) is 46.7 Å². The molecule has 0 unspecified atom stereocenters. The number of amides is 2. The molecule has 3 aromatic carbocycles. The maximum atomic E-state index is 12.5. The van der Waals surface area contributed by atoms with Crippen LogP contribution in [0.25, 0.3) is 10.8 Å². The maximum absolute atomic E-state index is 12.5. The monoisotopic (exact) mass is 592 g/mol. The summed E-state index contributed by atoms with van der Waals surface area (Å²) in [4.78, 5) is 48.4. The molecule has 2 amide bonds. The Hall–Kier alpha value is -5.16. The van der Waals surface area contributed by atoms with Crippen molar-refractivity contribution in [2.75, 3.05) is 6.54 Å². The minimum atomic E-state index is -0.707. The van der Waals surface area contributed by atoms with Crippen molar-refractivity contribution in [2.24, 2.45) is 5.73 Å². The van der Waals surface area contributed by atoms with Crippen molar-refractivity contribution in [3.05, 3.63) is 102 Å². The number of ether oxygens (including phenoxy) is 2. The molecule has 1 heterocycles. The van der Waals surface area contributed by atoms with Crippen LogP contribution in [0.15, 0.2) is 83.3 Å². The quantitative estimate of drug-likeness (QED) is 0.0835. The molecule has 0 fully saturated rings. The average molecular weight is 593 g/mol. The fourth-order valence-corrected chi connectivity index (χ4v) is 3.74. The molecule has 0 aliphatic heterocycles. The molecule has 218 valence electrons. The molecule has 0 saturated heterocycles. The Morgan fingerprint density at radius 2 is 1.52 bits per heavy atom. The molecule has 0 spiro atoms. The van der Waals surface area contributed by atoms with E-state index in [0.29, 0.717) is 17.1 Å². The largest absolute Gasteiger partial charge is 0.460 e. The van der Waals surface area contributed by atoms with E-state index in [2.05, 4.69) is 10.6 Å². The lowest BCUT2D eigenvalue weighted by molar-refractivity contribution is -0.145. The van der Waals surface area contributed by atoms with E-state index in [9.17, 15) is 19.2 Å². The van der Waals surface area contributed by atoms with Crippen LogP contribution in [0.5, 0.6) is 5.75 Å². The Bertz CT molecular complexity index is 1590. The Labute approximate surface area is 247 Å². The Morgan fingerprint density at radius 3 is 2.26 bits per heavy atom. The van der Waals surface area contributed by atoms with Crippen LogP contribution >= 0.6 is 12.4 Å². The van der Waals surface area contributed by atoms with Crippen LogP contribution in [-0.4, -0.2) is 36.1 Å². The average Bonchev–Trinajstić information content (AvgIpc) is 3.46. The van der Waals surface area contributed by atoms with Crippen molar-refractivity contribution in [1.29, 1.82) is 5.41 Å². The number of amidine groups is 1. The third-order valence-corrected chi connectivity index (χ3v) is 5.91. The third kappa shape index (κ3) is 9.20. The van der Waals surface area contributed by atoms with Crippen molar-refractivity contribution in [3.63, 3.8) is 0 Å². The molecule has 0 atom stereocenters. The predicted molar refractivity (Wildman–Crippen MR) is 156 cm³/mol. The lowest BCUT2D eigenvalue weighted by Crippen LogP contribution is -2.32. The highest BCUT2D eigenvalue weighted by Crippen LogP contribution is 2.23. The van der Waals surface area contributed by atoms with Crippen molar-refractivity contribution in [1.82, 2.24) is 10.6 Å². The number of halogens is 1. The zero-order valence-electron chi connectivity index (χ0n) is 22.4. The number of furan rings is 1. The van der Waals surface area contributed by atoms with E-state index in [1.807, 2.05) is 30.3 Å². The summed E-state index contributed by atoms with van der Waals surface area (Å²) in [5.74, 6) is -1.60. The van der Waals surface area contributed by atoms with Crippen LogP contribution < -0.4 is 21.1 Å². The van der Waals surface area contributed by atoms with Gasteiger partial charge in [-0.2, -0.15) is 0 Å². The van der Waals surface area contributed by atoms with Crippen molar-refractivity contribution >= 4 is 52.8 Å². The van der Waals surface area contributed by atoms with Crippen molar-refractivity contribution in [2.45, 2.75) is 26.0 Å².